The van der Waals surface area contributed by atoms with Gasteiger partial charge in [0.1, 0.15) is 62.4 Å². The van der Waals surface area contributed by atoms with E-state index < -0.39 is 16.6 Å². The predicted octanol–water partition coefficient (Wildman–Crippen LogP) is 6.04. The molecule has 10 nitrogen and oxygen atoms in total. The van der Waals surface area contributed by atoms with E-state index in [1.165, 1.54) is 45.6 Å². The normalized spacial score (nSPS) is 11.1. The minimum atomic E-state index is -0.525. The van der Waals surface area contributed by atoms with Crippen molar-refractivity contribution >= 4 is 21.9 Å². The van der Waals surface area contributed by atoms with E-state index in [4.69, 9.17) is 23.0 Å². The molecule has 0 aliphatic rings. The molecule has 0 atom stereocenters. The second kappa shape index (κ2) is 10.5. The molecule has 6 aromatic rings. The predicted molar refractivity (Wildman–Crippen MR) is 159 cm³/mol. The van der Waals surface area contributed by atoms with E-state index in [1.807, 2.05) is 0 Å². The Kier molecular flexibility index (Phi) is 6.66. The Morgan fingerprint density at radius 1 is 0.535 bits per heavy atom. The summed E-state index contributed by atoms with van der Waals surface area (Å²) < 4.78 is 28.1. The maximum Gasteiger partial charge on any atom is 0.197 e. The van der Waals surface area contributed by atoms with Crippen LogP contribution in [-0.4, -0.2) is 36.6 Å². The lowest BCUT2D eigenvalue weighted by atomic mass is 9.97. The monoisotopic (exact) mass is 580 g/mol. The van der Waals surface area contributed by atoms with Crippen LogP contribution in [0.1, 0.15) is 0 Å². The number of rotatable bonds is 6. The lowest BCUT2D eigenvalue weighted by Crippen LogP contribution is -2.03. The van der Waals surface area contributed by atoms with Crippen LogP contribution in [0.3, 0.4) is 0 Å². The molecule has 0 fully saturated rings. The molecule has 0 aliphatic carbocycles. The second-order valence-electron chi connectivity index (χ2n) is 9.64. The second-order valence-corrected chi connectivity index (χ2v) is 9.64. The Hall–Kier alpha value is -5.90. The van der Waals surface area contributed by atoms with Gasteiger partial charge in [0, 0.05) is 41.5 Å². The van der Waals surface area contributed by atoms with Crippen molar-refractivity contribution in [3.63, 3.8) is 0 Å². The van der Waals surface area contributed by atoms with Crippen molar-refractivity contribution < 1.29 is 38.4 Å². The van der Waals surface area contributed by atoms with Gasteiger partial charge in [-0.25, -0.2) is 0 Å². The lowest BCUT2D eigenvalue weighted by molar-refractivity contribution is 0.408. The molecule has 216 valence electrons. The zero-order valence-corrected chi connectivity index (χ0v) is 23.1. The number of phenolic OH excluding ortho intramolecular Hbond substituents is 3. The van der Waals surface area contributed by atoms with Crippen molar-refractivity contribution in [3.8, 4) is 68.3 Å². The van der Waals surface area contributed by atoms with Gasteiger partial charge in [0.25, 0.3) is 0 Å². The summed E-state index contributed by atoms with van der Waals surface area (Å²) in [6, 6.07) is 18.0. The van der Waals surface area contributed by atoms with Gasteiger partial charge in [0.05, 0.1) is 26.9 Å². The summed E-state index contributed by atoms with van der Waals surface area (Å²) in [4.78, 5) is 26.2. The minimum Gasteiger partial charge on any atom is -0.507 e. The summed E-state index contributed by atoms with van der Waals surface area (Å²) in [5, 5.41) is 31.9. The highest BCUT2D eigenvalue weighted by Gasteiger charge is 2.22. The fourth-order valence-corrected chi connectivity index (χ4v) is 4.99. The van der Waals surface area contributed by atoms with E-state index in [0.29, 0.717) is 33.9 Å². The molecular formula is C33H24O10. The van der Waals surface area contributed by atoms with Crippen LogP contribution in [0.2, 0.25) is 0 Å². The first-order valence-electron chi connectivity index (χ1n) is 12.9. The Balaban J connectivity index is 1.60. The average molecular weight is 581 g/mol. The first kappa shape index (κ1) is 27.3. The molecule has 0 spiro atoms. The zero-order chi connectivity index (χ0) is 30.4. The number of benzene rings is 4. The van der Waals surface area contributed by atoms with Crippen molar-refractivity contribution in [1.82, 2.24) is 0 Å². The summed E-state index contributed by atoms with van der Waals surface area (Å²) in [7, 11) is 4.40. The van der Waals surface area contributed by atoms with E-state index in [0.717, 1.165) is 6.07 Å². The number of hydrogen-bond donors (Lipinski definition) is 3. The number of phenols is 3. The molecule has 6 rings (SSSR count). The van der Waals surface area contributed by atoms with Gasteiger partial charge in [0.2, 0.25) is 0 Å². The van der Waals surface area contributed by atoms with Crippen LogP contribution < -0.4 is 25.1 Å². The molecule has 2 aromatic heterocycles. The van der Waals surface area contributed by atoms with Crippen LogP contribution in [0.4, 0.5) is 0 Å². The first-order valence-corrected chi connectivity index (χ1v) is 12.9. The quantitative estimate of drug-likeness (QED) is 0.213. The fraction of sp³-hybridized carbons (Fsp3) is 0.0909. The van der Waals surface area contributed by atoms with Crippen LogP contribution in [0.25, 0.3) is 55.7 Å². The first-order chi connectivity index (χ1) is 20.7. The standard InChI is InChI=1S/C33H24O10/c1-39-19-6-4-16(5-7-19)27-15-26(38)32-24(36)13-23(35)30(33(32)43-27)18-8-17(9-20(10-18)40-2)28-14-25(37)31-22(34)11-21(41-3)12-29(31)42-28/h4-15,34-36H,1-3H3. The average Bonchev–Trinajstić information content (AvgIpc) is 2.99. The molecule has 0 radical (unpaired) electrons. The molecule has 0 amide bonds. The van der Waals surface area contributed by atoms with Crippen LogP contribution in [-0.2, 0) is 0 Å². The summed E-state index contributed by atoms with van der Waals surface area (Å²) in [5.41, 5.74) is 0.394. The summed E-state index contributed by atoms with van der Waals surface area (Å²) in [6.07, 6.45) is 0. The number of methoxy groups -OCH3 is 3. The topological polar surface area (TPSA) is 149 Å². The molecule has 0 aliphatic heterocycles. The molecule has 0 saturated heterocycles. The van der Waals surface area contributed by atoms with E-state index in [2.05, 4.69) is 0 Å². The van der Waals surface area contributed by atoms with Crippen molar-refractivity contribution in [1.29, 1.82) is 0 Å². The van der Waals surface area contributed by atoms with E-state index in [1.54, 1.807) is 42.5 Å². The number of aromatic hydroxyl groups is 3. The van der Waals surface area contributed by atoms with Gasteiger partial charge in [0.15, 0.2) is 16.4 Å². The van der Waals surface area contributed by atoms with E-state index >= 15 is 0 Å². The maximum atomic E-state index is 13.2. The maximum absolute atomic E-state index is 13.2. The molecular weight excluding hydrogens is 556 g/mol. The lowest BCUT2D eigenvalue weighted by Gasteiger charge is -2.14. The third kappa shape index (κ3) is 4.74. The molecule has 10 heteroatoms. The van der Waals surface area contributed by atoms with Gasteiger partial charge in [-0.1, -0.05) is 0 Å². The number of fused-ring (bicyclic) bond motifs is 2. The largest absolute Gasteiger partial charge is 0.507 e. The Morgan fingerprint density at radius 3 is 1.79 bits per heavy atom. The number of hydrogen-bond acceptors (Lipinski definition) is 10. The van der Waals surface area contributed by atoms with Gasteiger partial charge in [-0.2, -0.15) is 0 Å². The molecule has 43 heavy (non-hydrogen) atoms. The van der Waals surface area contributed by atoms with Crippen LogP contribution in [0.15, 0.2) is 91.2 Å². The van der Waals surface area contributed by atoms with Gasteiger partial charge in [-0.15, -0.1) is 0 Å². The zero-order valence-electron chi connectivity index (χ0n) is 23.1. The number of ether oxygens (including phenoxy) is 3. The van der Waals surface area contributed by atoms with Crippen LogP contribution in [0, 0.1) is 0 Å². The highest BCUT2D eigenvalue weighted by atomic mass is 16.5. The van der Waals surface area contributed by atoms with E-state index in [-0.39, 0.29) is 50.5 Å². The molecule has 2 heterocycles. The van der Waals surface area contributed by atoms with Gasteiger partial charge in [-0.05, 0) is 48.0 Å². The van der Waals surface area contributed by atoms with E-state index in [9.17, 15) is 24.9 Å². The molecule has 3 N–H and O–H groups in total. The smallest absolute Gasteiger partial charge is 0.197 e. The van der Waals surface area contributed by atoms with Crippen LogP contribution in [0.5, 0.6) is 34.5 Å². The van der Waals surface area contributed by atoms with Gasteiger partial charge < -0.3 is 38.4 Å². The highest BCUT2D eigenvalue weighted by Crippen LogP contribution is 2.44. The Bertz CT molecular complexity index is 2160. The Morgan fingerprint density at radius 2 is 1.12 bits per heavy atom. The highest BCUT2D eigenvalue weighted by molar-refractivity contribution is 6.00. The van der Waals surface area contributed by atoms with Gasteiger partial charge in [-0.3, -0.25) is 9.59 Å². The summed E-state index contributed by atoms with van der Waals surface area (Å²) >= 11 is 0. The SMILES string of the molecule is COc1ccc(-c2cc(=O)c3c(O)cc(O)c(-c4cc(OC)cc(-c5cc(=O)c6c(O)cc(OC)cc6o5)c4)c3o2)cc1. The van der Waals surface area contributed by atoms with Crippen molar-refractivity contribution in [2.45, 2.75) is 0 Å². The van der Waals surface area contributed by atoms with Crippen molar-refractivity contribution in [3.05, 3.63) is 93.2 Å². The van der Waals surface area contributed by atoms with Crippen molar-refractivity contribution in [2.75, 3.05) is 21.3 Å². The summed E-state index contributed by atoms with van der Waals surface area (Å²) in [5.74, 6) is 0.456. The van der Waals surface area contributed by atoms with Crippen LogP contribution >= 0.6 is 0 Å². The van der Waals surface area contributed by atoms with Crippen molar-refractivity contribution in [2.24, 2.45) is 0 Å². The third-order valence-corrected chi connectivity index (χ3v) is 7.07. The fourth-order valence-electron chi connectivity index (χ4n) is 4.99. The summed E-state index contributed by atoms with van der Waals surface area (Å²) in [6.45, 7) is 0. The molecule has 0 bridgehead atoms. The Labute approximate surface area is 243 Å². The molecule has 0 unspecified atom stereocenters. The van der Waals surface area contributed by atoms with Gasteiger partial charge >= 0.3 is 0 Å². The third-order valence-electron chi connectivity index (χ3n) is 7.07. The minimum absolute atomic E-state index is 0.0114. The molecule has 0 saturated carbocycles. The molecule has 4 aromatic carbocycles.